The van der Waals surface area contributed by atoms with Crippen molar-refractivity contribution < 1.29 is 9.53 Å². The Morgan fingerprint density at radius 2 is 2.15 bits per heavy atom. The smallest absolute Gasteiger partial charge is 0.413 e. The van der Waals surface area contributed by atoms with Crippen LogP contribution < -0.4 is 10.6 Å². The molecule has 0 radical (unpaired) electrons. The number of carbonyl (C=O) groups is 1. The quantitative estimate of drug-likeness (QED) is 0.890. The molecule has 0 saturated heterocycles. The van der Waals surface area contributed by atoms with Gasteiger partial charge in [0.05, 0.1) is 5.56 Å². The largest absolute Gasteiger partial charge is 0.444 e. The van der Waals surface area contributed by atoms with Crippen LogP contribution in [0.5, 0.6) is 0 Å². The molecule has 102 valence electrons. The topological polar surface area (TPSA) is 76.1 Å². The third kappa shape index (κ3) is 2.85. The summed E-state index contributed by atoms with van der Waals surface area (Å²) in [6, 6.07) is 10.2. The summed E-state index contributed by atoms with van der Waals surface area (Å²) in [5, 5.41) is 5.70. The molecule has 0 fully saturated rings. The van der Waals surface area contributed by atoms with Crippen LogP contribution in [0.15, 0.2) is 36.5 Å². The van der Waals surface area contributed by atoms with Crippen LogP contribution in [0, 0.1) is 0 Å². The Balaban J connectivity index is 1.61. The van der Waals surface area contributed by atoms with Gasteiger partial charge in [0.1, 0.15) is 12.4 Å². The fourth-order valence-electron chi connectivity index (χ4n) is 1.95. The fourth-order valence-corrected chi connectivity index (χ4v) is 1.95. The van der Waals surface area contributed by atoms with Gasteiger partial charge in [-0.3, -0.25) is 5.32 Å². The van der Waals surface area contributed by atoms with Gasteiger partial charge in [-0.2, -0.15) is 4.98 Å². The fraction of sp³-hybridized carbons (Fsp3) is 0.214. The van der Waals surface area contributed by atoms with E-state index in [1.807, 2.05) is 18.2 Å². The molecule has 0 unspecified atom stereocenters. The van der Waals surface area contributed by atoms with Gasteiger partial charge in [-0.25, -0.2) is 9.78 Å². The molecule has 3 rings (SSSR count). The summed E-state index contributed by atoms with van der Waals surface area (Å²) < 4.78 is 4.83. The lowest BCUT2D eigenvalue weighted by Crippen LogP contribution is -2.22. The Morgan fingerprint density at radius 3 is 3.00 bits per heavy atom. The number of carbonyl (C=O) groups excluding carboxylic acids is 1. The SMILES string of the molecule is O=C1Nc2nc(NCCc3ccccc3)ncc2CO1. The number of benzene rings is 1. The molecule has 6 nitrogen and oxygen atoms in total. The molecule has 0 aliphatic carbocycles. The highest BCUT2D eigenvalue weighted by Crippen LogP contribution is 2.19. The zero-order chi connectivity index (χ0) is 13.8. The van der Waals surface area contributed by atoms with E-state index in [0.29, 0.717) is 11.8 Å². The third-order valence-electron chi connectivity index (χ3n) is 2.98. The molecule has 1 amide bonds. The molecule has 0 atom stereocenters. The van der Waals surface area contributed by atoms with Gasteiger partial charge in [-0.05, 0) is 12.0 Å². The van der Waals surface area contributed by atoms with Crippen molar-refractivity contribution in [2.24, 2.45) is 0 Å². The van der Waals surface area contributed by atoms with Crippen molar-refractivity contribution in [2.45, 2.75) is 13.0 Å². The maximum Gasteiger partial charge on any atom is 0.413 e. The lowest BCUT2D eigenvalue weighted by Gasteiger charge is -2.16. The molecule has 1 aromatic carbocycles. The first kappa shape index (κ1) is 12.4. The lowest BCUT2D eigenvalue weighted by molar-refractivity contribution is 0.151. The van der Waals surface area contributed by atoms with Crippen LogP contribution in [0.4, 0.5) is 16.6 Å². The van der Waals surface area contributed by atoms with Crippen molar-refractivity contribution in [1.29, 1.82) is 0 Å². The molecule has 0 bridgehead atoms. The van der Waals surface area contributed by atoms with Crippen LogP contribution in [-0.2, 0) is 17.8 Å². The molecular formula is C14H14N4O2. The molecule has 1 aliphatic rings. The second kappa shape index (κ2) is 5.56. The summed E-state index contributed by atoms with van der Waals surface area (Å²) in [6.45, 7) is 0.943. The highest BCUT2D eigenvalue weighted by molar-refractivity contribution is 5.86. The molecule has 1 aromatic heterocycles. The molecule has 2 heterocycles. The highest BCUT2D eigenvalue weighted by Gasteiger charge is 2.17. The number of hydrogen-bond acceptors (Lipinski definition) is 5. The van der Waals surface area contributed by atoms with E-state index in [2.05, 4.69) is 32.7 Å². The van der Waals surface area contributed by atoms with Crippen LogP contribution in [0.25, 0.3) is 0 Å². The van der Waals surface area contributed by atoms with E-state index in [9.17, 15) is 4.79 Å². The van der Waals surface area contributed by atoms with Crippen LogP contribution in [0.3, 0.4) is 0 Å². The Morgan fingerprint density at radius 1 is 1.30 bits per heavy atom. The van der Waals surface area contributed by atoms with Crippen LogP contribution in [-0.4, -0.2) is 22.6 Å². The molecule has 0 spiro atoms. The predicted molar refractivity (Wildman–Crippen MR) is 74.5 cm³/mol. The van der Waals surface area contributed by atoms with Gasteiger partial charge in [0.25, 0.3) is 0 Å². The van der Waals surface area contributed by atoms with Crippen molar-refractivity contribution in [3.05, 3.63) is 47.7 Å². The average molecular weight is 270 g/mol. The first-order chi connectivity index (χ1) is 9.81. The van der Waals surface area contributed by atoms with Gasteiger partial charge >= 0.3 is 6.09 Å². The number of hydrogen-bond donors (Lipinski definition) is 2. The number of nitrogens with one attached hydrogen (secondary N) is 2. The van der Waals surface area contributed by atoms with E-state index >= 15 is 0 Å². The van der Waals surface area contributed by atoms with Crippen molar-refractivity contribution >= 4 is 17.9 Å². The lowest BCUT2D eigenvalue weighted by atomic mass is 10.1. The van der Waals surface area contributed by atoms with Crippen LogP contribution in [0.2, 0.25) is 0 Å². The molecule has 2 N–H and O–H groups in total. The summed E-state index contributed by atoms with van der Waals surface area (Å²) in [5.41, 5.74) is 2.03. The van der Waals surface area contributed by atoms with Crippen molar-refractivity contribution in [3.8, 4) is 0 Å². The number of aromatic nitrogens is 2. The van der Waals surface area contributed by atoms with Gasteiger partial charge < -0.3 is 10.1 Å². The molecular weight excluding hydrogens is 256 g/mol. The summed E-state index contributed by atoms with van der Waals surface area (Å²) in [5.74, 6) is 1.01. The van der Waals surface area contributed by atoms with Gasteiger partial charge in [0.2, 0.25) is 5.95 Å². The van der Waals surface area contributed by atoms with Crippen LogP contribution >= 0.6 is 0 Å². The average Bonchev–Trinajstić information content (AvgIpc) is 2.48. The third-order valence-corrected chi connectivity index (χ3v) is 2.98. The summed E-state index contributed by atoms with van der Waals surface area (Å²) >= 11 is 0. The van der Waals surface area contributed by atoms with Crippen molar-refractivity contribution in [1.82, 2.24) is 9.97 Å². The second-order valence-electron chi connectivity index (χ2n) is 4.43. The molecule has 1 aliphatic heterocycles. The minimum atomic E-state index is -0.480. The summed E-state index contributed by atoms with van der Waals surface area (Å²) in [6.07, 6.45) is 2.06. The monoisotopic (exact) mass is 270 g/mol. The Bertz CT molecular complexity index is 616. The van der Waals surface area contributed by atoms with Crippen LogP contribution in [0.1, 0.15) is 11.1 Å². The van der Waals surface area contributed by atoms with E-state index in [4.69, 9.17) is 4.74 Å². The molecule has 0 saturated carbocycles. The maximum absolute atomic E-state index is 11.1. The zero-order valence-corrected chi connectivity index (χ0v) is 10.8. The molecule has 20 heavy (non-hydrogen) atoms. The molecule has 6 heteroatoms. The van der Waals surface area contributed by atoms with E-state index < -0.39 is 6.09 Å². The standard InChI is InChI=1S/C14H14N4O2/c19-14-18-12-11(9-20-14)8-16-13(17-12)15-7-6-10-4-2-1-3-5-10/h1-5,8H,6-7,9H2,(H2,15,16,17,18,19). The van der Waals surface area contributed by atoms with Gasteiger partial charge in [-0.15, -0.1) is 0 Å². The summed E-state index contributed by atoms with van der Waals surface area (Å²) in [4.78, 5) is 19.6. The van der Waals surface area contributed by atoms with Gasteiger partial charge in [0.15, 0.2) is 0 Å². The minimum absolute atomic E-state index is 0.214. The Labute approximate surface area is 116 Å². The van der Waals surface area contributed by atoms with E-state index in [0.717, 1.165) is 18.5 Å². The predicted octanol–water partition coefficient (Wildman–Crippen LogP) is 2.19. The second-order valence-corrected chi connectivity index (χ2v) is 4.43. The number of fused-ring (bicyclic) bond motifs is 1. The van der Waals surface area contributed by atoms with E-state index in [1.165, 1.54) is 5.56 Å². The zero-order valence-electron chi connectivity index (χ0n) is 10.8. The number of nitrogens with zero attached hydrogens (tertiary/aromatic N) is 2. The first-order valence-electron chi connectivity index (χ1n) is 6.39. The highest BCUT2D eigenvalue weighted by atomic mass is 16.5. The van der Waals surface area contributed by atoms with Gasteiger partial charge in [-0.1, -0.05) is 30.3 Å². The number of anilines is 2. The van der Waals surface area contributed by atoms with E-state index in [1.54, 1.807) is 6.20 Å². The number of rotatable bonds is 4. The number of cyclic esters (lactones) is 1. The Kier molecular flexibility index (Phi) is 3.45. The number of ether oxygens (including phenoxy) is 1. The maximum atomic E-state index is 11.1. The molecule has 2 aromatic rings. The van der Waals surface area contributed by atoms with Crippen molar-refractivity contribution in [3.63, 3.8) is 0 Å². The number of amides is 1. The normalized spacial score (nSPS) is 13.1. The first-order valence-corrected chi connectivity index (χ1v) is 6.39. The minimum Gasteiger partial charge on any atom is -0.444 e. The van der Waals surface area contributed by atoms with Crippen molar-refractivity contribution in [2.75, 3.05) is 17.2 Å². The van der Waals surface area contributed by atoms with E-state index in [-0.39, 0.29) is 6.61 Å². The van der Waals surface area contributed by atoms with Gasteiger partial charge in [0, 0.05) is 12.7 Å². The Hall–Kier alpha value is -2.63. The summed E-state index contributed by atoms with van der Waals surface area (Å²) in [7, 11) is 0.